The van der Waals surface area contributed by atoms with Crippen molar-refractivity contribution in [3.05, 3.63) is 36.4 Å². The maximum Gasteiger partial charge on any atom is 0.388 e. The first-order valence-corrected chi connectivity index (χ1v) is 9.38. The van der Waals surface area contributed by atoms with Crippen molar-refractivity contribution in [1.82, 2.24) is 4.90 Å². The zero-order chi connectivity index (χ0) is 17.4. The summed E-state index contributed by atoms with van der Waals surface area (Å²) in [4.78, 5) is 2.59. The fourth-order valence-corrected chi connectivity index (χ4v) is 4.14. The van der Waals surface area contributed by atoms with Crippen LogP contribution in [0.1, 0.15) is 27.2 Å². The Kier molecular flexibility index (Phi) is 4.38. The Morgan fingerprint density at radius 2 is 1.64 bits per heavy atom. The first-order valence-electron chi connectivity index (χ1n) is 9.38. The lowest BCUT2D eigenvalue weighted by molar-refractivity contribution is 0.0237. The molecular weight excluding hydrogens is 309 g/mol. The number of nitrogens with zero attached hydrogens (tertiary/aromatic N) is 1. The van der Waals surface area contributed by atoms with Gasteiger partial charge in [-0.3, -0.25) is 4.90 Å². The molecule has 5 heteroatoms. The van der Waals surface area contributed by atoms with Crippen molar-refractivity contribution >= 4 is 29.1 Å². The molecule has 2 aliphatic heterocycles. The number of rotatable bonds is 3. The number of ether oxygens (including phenoxy) is 1. The van der Waals surface area contributed by atoms with Gasteiger partial charge < -0.3 is 15.2 Å². The van der Waals surface area contributed by atoms with Crippen LogP contribution in [0.5, 0.6) is 0 Å². The number of morpholine rings is 1. The van der Waals surface area contributed by atoms with E-state index in [-0.39, 0.29) is 12.4 Å². The van der Waals surface area contributed by atoms with Crippen LogP contribution in [0.2, 0.25) is 0 Å². The smallest absolute Gasteiger partial charge is 0.388 e. The summed E-state index contributed by atoms with van der Waals surface area (Å²) in [5.74, 6) is 0.424. The minimum atomic E-state index is 0.206. The molecule has 132 valence electrons. The standard InChI is InChI=1S/C20H28BN3O/c1-20(2,3)14-18(24-10-12-25-13-11-24)21-22-16-8-4-6-15-7-5-9-17(23-21)19(15)16/h4-9,18,22-23H,10-14H2,1-3H3/t18-/m0/s1. The maximum absolute atomic E-state index is 5.59. The molecule has 4 nitrogen and oxygen atoms in total. The molecule has 0 aromatic heterocycles. The third-order valence-electron chi connectivity index (χ3n) is 5.25. The van der Waals surface area contributed by atoms with Gasteiger partial charge in [0.1, 0.15) is 0 Å². The van der Waals surface area contributed by atoms with Crippen LogP contribution in [-0.4, -0.2) is 44.1 Å². The van der Waals surface area contributed by atoms with Crippen LogP contribution in [0.3, 0.4) is 0 Å². The Labute approximate surface area is 151 Å². The minimum absolute atomic E-state index is 0.206. The summed E-state index contributed by atoms with van der Waals surface area (Å²) < 4.78 is 5.59. The predicted octanol–water partition coefficient (Wildman–Crippen LogP) is 3.84. The lowest BCUT2D eigenvalue weighted by atomic mass is 9.60. The van der Waals surface area contributed by atoms with Crippen molar-refractivity contribution in [3.63, 3.8) is 0 Å². The molecule has 0 aliphatic carbocycles. The van der Waals surface area contributed by atoms with E-state index in [9.17, 15) is 0 Å². The lowest BCUT2D eigenvalue weighted by Crippen LogP contribution is -2.59. The topological polar surface area (TPSA) is 36.5 Å². The molecule has 0 spiro atoms. The molecule has 2 aliphatic rings. The molecular formula is C20H28BN3O. The number of hydrogen-bond donors (Lipinski definition) is 2. The average Bonchev–Trinajstić information content (AvgIpc) is 2.60. The van der Waals surface area contributed by atoms with Crippen LogP contribution in [0, 0.1) is 5.41 Å². The molecule has 0 unspecified atom stereocenters. The van der Waals surface area contributed by atoms with Crippen molar-refractivity contribution < 1.29 is 4.74 Å². The Morgan fingerprint density at radius 3 is 2.20 bits per heavy atom. The fourth-order valence-electron chi connectivity index (χ4n) is 4.14. The summed E-state index contributed by atoms with van der Waals surface area (Å²) in [6.45, 7) is 10.9. The number of nitrogens with one attached hydrogen (secondary N) is 2. The maximum atomic E-state index is 5.59. The van der Waals surface area contributed by atoms with Crippen LogP contribution in [0.15, 0.2) is 36.4 Å². The zero-order valence-electron chi connectivity index (χ0n) is 15.5. The Hall–Kier alpha value is -1.72. The highest BCUT2D eigenvalue weighted by molar-refractivity contribution is 6.69. The number of benzene rings is 2. The van der Waals surface area contributed by atoms with E-state index >= 15 is 0 Å². The normalized spacial score (nSPS) is 19.4. The highest BCUT2D eigenvalue weighted by Crippen LogP contribution is 2.36. The van der Waals surface area contributed by atoms with E-state index in [0.29, 0.717) is 5.94 Å². The molecule has 2 N–H and O–H groups in total. The molecule has 1 saturated heterocycles. The van der Waals surface area contributed by atoms with Crippen molar-refractivity contribution in [2.45, 2.75) is 33.1 Å². The van der Waals surface area contributed by atoms with E-state index in [1.807, 2.05) is 0 Å². The van der Waals surface area contributed by atoms with E-state index in [1.165, 1.54) is 22.1 Å². The van der Waals surface area contributed by atoms with Gasteiger partial charge in [0, 0.05) is 35.8 Å². The Balaban J connectivity index is 1.66. The van der Waals surface area contributed by atoms with E-state index in [2.05, 4.69) is 72.5 Å². The summed E-state index contributed by atoms with van der Waals surface area (Å²) >= 11 is 0. The van der Waals surface area contributed by atoms with Crippen LogP contribution >= 0.6 is 0 Å². The summed E-state index contributed by atoms with van der Waals surface area (Å²) in [6, 6.07) is 13.1. The molecule has 2 aromatic rings. The second kappa shape index (κ2) is 6.54. The average molecular weight is 337 g/mol. The van der Waals surface area contributed by atoms with Gasteiger partial charge in [-0.15, -0.1) is 0 Å². The third-order valence-corrected chi connectivity index (χ3v) is 5.25. The van der Waals surface area contributed by atoms with Gasteiger partial charge in [-0.2, -0.15) is 0 Å². The monoisotopic (exact) mass is 337 g/mol. The van der Waals surface area contributed by atoms with Gasteiger partial charge in [-0.1, -0.05) is 45.0 Å². The molecule has 1 atom stereocenters. The van der Waals surface area contributed by atoms with Gasteiger partial charge in [0.15, 0.2) is 0 Å². The quantitative estimate of drug-likeness (QED) is 0.835. The highest BCUT2D eigenvalue weighted by atomic mass is 16.5. The molecule has 1 fully saturated rings. The van der Waals surface area contributed by atoms with Crippen LogP contribution in [0.25, 0.3) is 10.8 Å². The molecule has 0 saturated carbocycles. The van der Waals surface area contributed by atoms with E-state index < -0.39 is 0 Å². The molecule has 0 radical (unpaired) electrons. The van der Waals surface area contributed by atoms with Crippen LogP contribution < -0.4 is 10.5 Å². The molecule has 4 rings (SSSR count). The minimum Gasteiger partial charge on any atom is -0.408 e. The Bertz CT molecular complexity index is 711. The number of hydrogen-bond acceptors (Lipinski definition) is 4. The summed E-state index contributed by atoms with van der Waals surface area (Å²) in [6.07, 6.45) is 1.13. The lowest BCUT2D eigenvalue weighted by Gasteiger charge is -2.42. The molecule has 25 heavy (non-hydrogen) atoms. The predicted molar refractivity (Wildman–Crippen MR) is 107 cm³/mol. The molecule has 2 aromatic carbocycles. The van der Waals surface area contributed by atoms with E-state index in [1.54, 1.807) is 0 Å². The van der Waals surface area contributed by atoms with Crippen molar-refractivity contribution in [1.29, 1.82) is 0 Å². The highest BCUT2D eigenvalue weighted by Gasteiger charge is 2.38. The summed E-state index contributed by atoms with van der Waals surface area (Å²) in [7, 11) is 0. The molecule has 2 heterocycles. The third kappa shape index (κ3) is 3.49. The van der Waals surface area contributed by atoms with Crippen LogP contribution in [0.4, 0.5) is 11.4 Å². The van der Waals surface area contributed by atoms with Crippen molar-refractivity contribution in [2.24, 2.45) is 5.41 Å². The van der Waals surface area contributed by atoms with Gasteiger partial charge in [-0.25, -0.2) is 0 Å². The largest absolute Gasteiger partial charge is 0.408 e. The van der Waals surface area contributed by atoms with E-state index in [4.69, 9.17) is 4.74 Å². The first-order chi connectivity index (χ1) is 12.0. The zero-order valence-corrected chi connectivity index (χ0v) is 15.5. The number of anilines is 2. The van der Waals surface area contributed by atoms with E-state index in [0.717, 1.165) is 32.7 Å². The second-order valence-electron chi connectivity index (χ2n) is 8.46. The van der Waals surface area contributed by atoms with Crippen LogP contribution in [-0.2, 0) is 4.74 Å². The van der Waals surface area contributed by atoms with Crippen molar-refractivity contribution in [3.8, 4) is 0 Å². The fraction of sp³-hybridized carbons (Fsp3) is 0.500. The second-order valence-corrected chi connectivity index (χ2v) is 8.46. The first kappa shape index (κ1) is 16.7. The van der Waals surface area contributed by atoms with Gasteiger partial charge in [0.25, 0.3) is 0 Å². The van der Waals surface area contributed by atoms with Crippen molar-refractivity contribution in [2.75, 3.05) is 36.8 Å². The summed E-state index contributed by atoms with van der Waals surface area (Å²) in [5, 5.41) is 10.2. The van der Waals surface area contributed by atoms with Gasteiger partial charge in [0.2, 0.25) is 0 Å². The van der Waals surface area contributed by atoms with Gasteiger partial charge in [0.05, 0.1) is 13.2 Å². The van der Waals surface area contributed by atoms with Gasteiger partial charge in [-0.05, 0) is 29.4 Å². The van der Waals surface area contributed by atoms with Gasteiger partial charge >= 0.3 is 6.98 Å². The SMILES string of the molecule is CC(C)(C)C[C@@H](B1Nc2cccc3cccc(c23)N1)N1CCOCC1. The molecule has 0 bridgehead atoms. The molecule has 0 amide bonds. The summed E-state index contributed by atoms with van der Waals surface area (Å²) in [5.41, 5.74) is 2.75. The Morgan fingerprint density at radius 1 is 1.04 bits per heavy atom.